The maximum atomic E-state index is 5.90. The SMILES string of the molecule is CC1(C)ON(c2ccc(C3CCCO3)cc2)OC1(C)C. The molecule has 0 aliphatic carbocycles. The molecule has 110 valence electrons. The van der Waals surface area contributed by atoms with Gasteiger partial charge in [0.15, 0.2) is 0 Å². The number of hydrogen-bond acceptors (Lipinski definition) is 4. The van der Waals surface area contributed by atoms with Gasteiger partial charge in [0.1, 0.15) is 11.2 Å². The van der Waals surface area contributed by atoms with Crippen LogP contribution in [-0.4, -0.2) is 17.8 Å². The molecule has 2 fully saturated rings. The highest BCUT2D eigenvalue weighted by molar-refractivity contribution is 5.44. The fourth-order valence-corrected chi connectivity index (χ4v) is 2.41. The van der Waals surface area contributed by atoms with Gasteiger partial charge in [0.2, 0.25) is 0 Å². The van der Waals surface area contributed by atoms with Crippen LogP contribution in [0.3, 0.4) is 0 Å². The Labute approximate surface area is 120 Å². The normalized spacial score (nSPS) is 28.0. The Kier molecular flexibility index (Phi) is 3.27. The highest BCUT2D eigenvalue weighted by atomic mass is 17.0. The molecule has 1 unspecified atom stereocenters. The molecule has 0 N–H and O–H groups in total. The van der Waals surface area contributed by atoms with E-state index in [0.29, 0.717) is 0 Å². The van der Waals surface area contributed by atoms with Crippen LogP contribution in [0.25, 0.3) is 0 Å². The highest BCUT2D eigenvalue weighted by Crippen LogP contribution is 2.40. The molecule has 0 bridgehead atoms. The predicted octanol–water partition coefficient (Wildman–Crippen LogP) is 3.78. The largest absolute Gasteiger partial charge is 0.374 e. The number of nitrogens with zero attached hydrogens (tertiary/aromatic N) is 1. The molecule has 0 radical (unpaired) electrons. The minimum absolute atomic E-state index is 0.248. The maximum Gasteiger partial charge on any atom is 0.124 e. The third-order valence-corrected chi connectivity index (χ3v) is 4.48. The number of hydrogen-bond donors (Lipinski definition) is 0. The van der Waals surface area contributed by atoms with E-state index in [0.717, 1.165) is 25.1 Å². The van der Waals surface area contributed by atoms with Crippen molar-refractivity contribution in [3.63, 3.8) is 0 Å². The molecule has 0 saturated carbocycles. The Balaban J connectivity index is 1.75. The van der Waals surface area contributed by atoms with Gasteiger partial charge in [-0.05, 0) is 58.2 Å². The Hall–Kier alpha value is -1.10. The zero-order valence-corrected chi connectivity index (χ0v) is 12.7. The van der Waals surface area contributed by atoms with Crippen molar-refractivity contribution in [3.8, 4) is 0 Å². The highest BCUT2D eigenvalue weighted by Gasteiger charge is 2.50. The lowest BCUT2D eigenvalue weighted by Gasteiger charge is -2.26. The first-order valence-electron chi connectivity index (χ1n) is 7.29. The van der Waals surface area contributed by atoms with Gasteiger partial charge in [-0.25, -0.2) is 9.68 Å². The molecule has 0 spiro atoms. The fourth-order valence-electron chi connectivity index (χ4n) is 2.41. The van der Waals surface area contributed by atoms with Gasteiger partial charge in [0.25, 0.3) is 0 Å². The molecule has 3 rings (SSSR count). The lowest BCUT2D eigenvalue weighted by molar-refractivity contribution is -0.0273. The topological polar surface area (TPSA) is 30.9 Å². The quantitative estimate of drug-likeness (QED) is 0.823. The summed E-state index contributed by atoms with van der Waals surface area (Å²) in [6, 6.07) is 8.23. The molecule has 0 amide bonds. The Morgan fingerprint density at radius 3 is 2.10 bits per heavy atom. The maximum absolute atomic E-state index is 5.90. The zero-order chi connectivity index (χ0) is 14.4. The first-order valence-corrected chi connectivity index (χ1v) is 7.29. The average molecular weight is 277 g/mol. The van der Waals surface area contributed by atoms with Crippen molar-refractivity contribution in [2.24, 2.45) is 0 Å². The monoisotopic (exact) mass is 277 g/mol. The van der Waals surface area contributed by atoms with Crippen molar-refractivity contribution in [3.05, 3.63) is 29.8 Å². The molecule has 4 nitrogen and oxygen atoms in total. The number of ether oxygens (including phenoxy) is 1. The lowest BCUT2D eigenvalue weighted by Crippen LogP contribution is -2.41. The van der Waals surface area contributed by atoms with Crippen LogP contribution in [0, 0.1) is 0 Å². The summed E-state index contributed by atoms with van der Waals surface area (Å²) in [5.74, 6) is 0. The second-order valence-corrected chi connectivity index (χ2v) is 6.55. The molecule has 2 saturated heterocycles. The van der Waals surface area contributed by atoms with E-state index < -0.39 is 0 Å². The van der Waals surface area contributed by atoms with E-state index >= 15 is 0 Å². The van der Waals surface area contributed by atoms with Crippen LogP contribution in [-0.2, 0) is 14.4 Å². The molecule has 0 aromatic heterocycles. The van der Waals surface area contributed by atoms with Crippen LogP contribution in [0.5, 0.6) is 0 Å². The van der Waals surface area contributed by atoms with Crippen LogP contribution < -0.4 is 5.23 Å². The van der Waals surface area contributed by atoms with Crippen molar-refractivity contribution in [2.75, 3.05) is 11.8 Å². The molecular weight excluding hydrogens is 254 g/mol. The number of benzene rings is 1. The summed E-state index contributed by atoms with van der Waals surface area (Å²) < 4.78 is 5.69. The predicted molar refractivity (Wildman–Crippen MR) is 77.2 cm³/mol. The molecule has 2 aliphatic heterocycles. The molecule has 1 atom stereocenters. The minimum Gasteiger partial charge on any atom is -0.374 e. The van der Waals surface area contributed by atoms with Crippen LogP contribution in [0.2, 0.25) is 0 Å². The summed E-state index contributed by atoms with van der Waals surface area (Å²) in [7, 11) is 0. The molecule has 2 heterocycles. The molecule has 20 heavy (non-hydrogen) atoms. The Morgan fingerprint density at radius 2 is 1.60 bits per heavy atom. The van der Waals surface area contributed by atoms with Crippen molar-refractivity contribution >= 4 is 5.69 Å². The standard InChI is InChI=1S/C16H23NO3/c1-15(2)16(3,4)20-17(19-15)13-9-7-12(8-10-13)14-6-5-11-18-14/h7-10,14H,5-6,11H2,1-4H3. The van der Waals surface area contributed by atoms with Crippen LogP contribution in [0.1, 0.15) is 52.2 Å². The second kappa shape index (κ2) is 4.72. The van der Waals surface area contributed by atoms with E-state index in [2.05, 4.69) is 12.1 Å². The van der Waals surface area contributed by atoms with E-state index in [9.17, 15) is 0 Å². The smallest absolute Gasteiger partial charge is 0.124 e. The molecule has 4 heteroatoms. The summed E-state index contributed by atoms with van der Waals surface area (Å²) in [5, 5.41) is 1.53. The first kappa shape index (κ1) is 13.9. The zero-order valence-electron chi connectivity index (χ0n) is 12.7. The minimum atomic E-state index is -0.361. The van der Waals surface area contributed by atoms with E-state index in [1.54, 1.807) is 0 Å². The lowest BCUT2D eigenvalue weighted by atomic mass is 9.90. The number of anilines is 1. The second-order valence-electron chi connectivity index (χ2n) is 6.55. The Morgan fingerprint density at radius 1 is 1.00 bits per heavy atom. The molecule has 1 aromatic rings. The molecule has 1 aromatic carbocycles. The van der Waals surface area contributed by atoms with E-state index in [1.165, 1.54) is 10.8 Å². The Bertz CT molecular complexity index is 459. The van der Waals surface area contributed by atoms with Gasteiger partial charge in [-0.15, -0.1) is 5.23 Å². The van der Waals surface area contributed by atoms with Gasteiger partial charge >= 0.3 is 0 Å². The van der Waals surface area contributed by atoms with Gasteiger partial charge in [-0.2, -0.15) is 0 Å². The van der Waals surface area contributed by atoms with Gasteiger partial charge < -0.3 is 4.74 Å². The summed E-state index contributed by atoms with van der Waals surface area (Å²) in [5.41, 5.74) is 1.41. The van der Waals surface area contributed by atoms with E-state index in [1.807, 2.05) is 39.8 Å². The first-order chi connectivity index (χ1) is 9.39. The van der Waals surface area contributed by atoms with Gasteiger partial charge in [0, 0.05) is 6.61 Å². The van der Waals surface area contributed by atoms with Crippen molar-refractivity contribution in [1.29, 1.82) is 0 Å². The van der Waals surface area contributed by atoms with Gasteiger partial charge in [-0.1, -0.05) is 12.1 Å². The van der Waals surface area contributed by atoms with Gasteiger partial charge in [0.05, 0.1) is 11.8 Å². The average Bonchev–Trinajstić information content (AvgIpc) is 2.97. The van der Waals surface area contributed by atoms with E-state index in [-0.39, 0.29) is 17.3 Å². The van der Waals surface area contributed by atoms with Crippen LogP contribution >= 0.6 is 0 Å². The number of rotatable bonds is 2. The molecular formula is C16H23NO3. The van der Waals surface area contributed by atoms with Crippen molar-refractivity contribution in [1.82, 2.24) is 0 Å². The summed E-state index contributed by atoms with van der Waals surface area (Å²) in [6.07, 6.45) is 2.50. The summed E-state index contributed by atoms with van der Waals surface area (Å²) in [4.78, 5) is 11.8. The summed E-state index contributed by atoms with van der Waals surface area (Å²) >= 11 is 0. The van der Waals surface area contributed by atoms with Crippen molar-refractivity contribution in [2.45, 2.75) is 57.8 Å². The third kappa shape index (κ3) is 2.32. The van der Waals surface area contributed by atoms with E-state index in [4.69, 9.17) is 14.4 Å². The summed E-state index contributed by atoms with van der Waals surface area (Å²) in [6.45, 7) is 9.01. The third-order valence-electron chi connectivity index (χ3n) is 4.48. The molecule has 2 aliphatic rings. The van der Waals surface area contributed by atoms with Crippen molar-refractivity contribution < 1.29 is 14.4 Å². The van der Waals surface area contributed by atoms with Crippen LogP contribution in [0.15, 0.2) is 24.3 Å². The fraction of sp³-hybridized carbons (Fsp3) is 0.625. The van der Waals surface area contributed by atoms with Gasteiger partial charge in [-0.3, -0.25) is 0 Å². The van der Waals surface area contributed by atoms with Crippen LogP contribution in [0.4, 0.5) is 5.69 Å².